The van der Waals surface area contributed by atoms with E-state index in [0.29, 0.717) is 5.56 Å². The van der Waals surface area contributed by atoms with Crippen molar-refractivity contribution in [1.29, 1.82) is 0 Å². The average molecular weight is 238 g/mol. The number of aromatic hydroxyl groups is 1. The van der Waals surface area contributed by atoms with Crippen LogP contribution in [0.1, 0.15) is 17.3 Å². The molecule has 0 aliphatic rings. The first-order valence-corrected chi connectivity index (χ1v) is 5.08. The maximum Gasteiger partial charge on any atom is 0.338 e. The molecule has 1 unspecified atom stereocenters. The summed E-state index contributed by atoms with van der Waals surface area (Å²) in [6.07, 6.45) is 0. The van der Waals surface area contributed by atoms with Gasteiger partial charge in [-0.25, -0.2) is 4.79 Å². The molecule has 17 heavy (non-hydrogen) atoms. The minimum Gasteiger partial charge on any atom is -0.508 e. The van der Waals surface area contributed by atoms with Gasteiger partial charge in [0.2, 0.25) is 0 Å². The monoisotopic (exact) mass is 238 g/mol. The largest absolute Gasteiger partial charge is 0.508 e. The van der Waals surface area contributed by atoms with E-state index in [9.17, 15) is 9.59 Å². The van der Waals surface area contributed by atoms with E-state index in [1.165, 1.54) is 31.4 Å². The molecule has 1 aromatic rings. The van der Waals surface area contributed by atoms with Crippen molar-refractivity contribution in [2.45, 2.75) is 6.92 Å². The predicted molar refractivity (Wildman–Crippen MR) is 59.6 cm³/mol. The molecule has 1 atom stereocenters. The van der Waals surface area contributed by atoms with Crippen LogP contribution in [0.3, 0.4) is 0 Å². The molecule has 0 heterocycles. The number of carbonyl (C=O) groups is 2. The number of benzene rings is 1. The van der Waals surface area contributed by atoms with Gasteiger partial charge < -0.3 is 14.6 Å². The molecule has 0 saturated heterocycles. The van der Waals surface area contributed by atoms with Gasteiger partial charge in [-0.3, -0.25) is 4.79 Å². The Morgan fingerprint density at radius 1 is 1.29 bits per heavy atom. The molecule has 0 saturated carbocycles. The number of hydrogen-bond acceptors (Lipinski definition) is 5. The average Bonchev–Trinajstić information content (AvgIpc) is 2.35. The first-order valence-electron chi connectivity index (χ1n) is 5.08. The topological polar surface area (TPSA) is 72.8 Å². The highest BCUT2D eigenvalue weighted by molar-refractivity contribution is 5.89. The Hall–Kier alpha value is -2.04. The van der Waals surface area contributed by atoms with Crippen molar-refractivity contribution in [1.82, 2.24) is 0 Å². The van der Waals surface area contributed by atoms with Crippen LogP contribution in [-0.4, -0.2) is 30.8 Å². The van der Waals surface area contributed by atoms with Gasteiger partial charge in [-0.15, -0.1) is 0 Å². The minimum atomic E-state index is -0.541. The molecule has 0 aromatic heterocycles. The summed E-state index contributed by atoms with van der Waals surface area (Å²) in [5.74, 6) is -1.39. The smallest absolute Gasteiger partial charge is 0.338 e. The van der Waals surface area contributed by atoms with E-state index in [0.717, 1.165) is 0 Å². The van der Waals surface area contributed by atoms with E-state index in [1.54, 1.807) is 6.92 Å². The molecule has 1 N–H and O–H groups in total. The molecule has 5 nitrogen and oxygen atoms in total. The zero-order valence-corrected chi connectivity index (χ0v) is 9.67. The second-order valence-electron chi connectivity index (χ2n) is 3.57. The fraction of sp³-hybridized carbons (Fsp3) is 0.333. The van der Waals surface area contributed by atoms with E-state index in [4.69, 9.17) is 9.84 Å². The van der Waals surface area contributed by atoms with Gasteiger partial charge in [0.1, 0.15) is 12.4 Å². The first-order chi connectivity index (χ1) is 8.04. The molecule has 0 fully saturated rings. The molecule has 1 aromatic carbocycles. The second kappa shape index (κ2) is 5.89. The van der Waals surface area contributed by atoms with Crippen molar-refractivity contribution in [2.75, 3.05) is 13.7 Å². The van der Waals surface area contributed by atoms with Crippen molar-refractivity contribution in [3.8, 4) is 5.75 Å². The third-order valence-electron chi connectivity index (χ3n) is 2.17. The number of rotatable bonds is 4. The third-order valence-corrected chi connectivity index (χ3v) is 2.17. The predicted octanol–water partition coefficient (Wildman–Crippen LogP) is 1.36. The van der Waals surface area contributed by atoms with E-state index < -0.39 is 17.9 Å². The summed E-state index contributed by atoms with van der Waals surface area (Å²) in [7, 11) is 1.28. The summed E-state index contributed by atoms with van der Waals surface area (Å²) in [4.78, 5) is 22.6. The Labute approximate surface area is 99.0 Å². The standard InChI is InChI=1S/C12H14O5/c1-8(11(14)16-2)7-17-12(15)9-3-5-10(13)6-4-9/h3-6,8,13H,7H2,1-2H3. The second-order valence-corrected chi connectivity index (χ2v) is 3.57. The van der Waals surface area contributed by atoms with Crippen molar-refractivity contribution < 1.29 is 24.2 Å². The normalized spacial score (nSPS) is 11.6. The quantitative estimate of drug-likeness (QED) is 0.802. The summed E-state index contributed by atoms with van der Waals surface area (Å²) in [5, 5.41) is 9.05. The zero-order valence-electron chi connectivity index (χ0n) is 9.67. The van der Waals surface area contributed by atoms with Gasteiger partial charge in [0.25, 0.3) is 0 Å². The van der Waals surface area contributed by atoms with E-state index >= 15 is 0 Å². The molecule has 0 radical (unpaired) electrons. The van der Waals surface area contributed by atoms with E-state index in [2.05, 4.69) is 4.74 Å². The van der Waals surface area contributed by atoms with Crippen LogP contribution in [0.15, 0.2) is 24.3 Å². The summed E-state index contributed by atoms with van der Waals surface area (Å²) in [6, 6.07) is 5.67. The summed E-state index contributed by atoms with van der Waals surface area (Å²) in [6.45, 7) is 1.57. The highest BCUT2D eigenvalue weighted by Crippen LogP contribution is 2.11. The van der Waals surface area contributed by atoms with Gasteiger partial charge in [0.05, 0.1) is 18.6 Å². The van der Waals surface area contributed by atoms with Crippen LogP contribution in [-0.2, 0) is 14.3 Å². The number of phenols is 1. The maximum atomic E-state index is 11.5. The molecular weight excluding hydrogens is 224 g/mol. The summed E-state index contributed by atoms with van der Waals surface area (Å²) in [5.41, 5.74) is 0.319. The van der Waals surface area contributed by atoms with Crippen LogP contribution in [0, 0.1) is 5.92 Å². The molecule has 0 amide bonds. The lowest BCUT2D eigenvalue weighted by Crippen LogP contribution is -2.20. The molecule has 92 valence electrons. The number of phenolic OH excluding ortho intramolecular Hbond substituents is 1. The van der Waals surface area contributed by atoms with Crippen LogP contribution in [0.2, 0.25) is 0 Å². The number of carbonyl (C=O) groups excluding carboxylic acids is 2. The fourth-order valence-corrected chi connectivity index (χ4v) is 1.15. The van der Waals surface area contributed by atoms with Gasteiger partial charge in [-0.1, -0.05) is 0 Å². The summed E-state index contributed by atoms with van der Waals surface area (Å²) >= 11 is 0. The van der Waals surface area contributed by atoms with Crippen molar-refractivity contribution in [3.05, 3.63) is 29.8 Å². The highest BCUT2D eigenvalue weighted by Gasteiger charge is 2.16. The molecule has 0 spiro atoms. The molecule has 0 aliphatic carbocycles. The lowest BCUT2D eigenvalue weighted by molar-refractivity contribution is -0.146. The summed E-state index contributed by atoms with van der Waals surface area (Å²) < 4.78 is 9.43. The van der Waals surface area contributed by atoms with Crippen LogP contribution >= 0.6 is 0 Å². The van der Waals surface area contributed by atoms with Crippen molar-refractivity contribution >= 4 is 11.9 Å². The molecule has 0 bridgehead atoms. The van der Waals surface area contributed by atoms with Gasteiger partial charge in [0, 0.05) is 0 Å². The Morgan fingerprint density at radius 3 is 2.41 bits per heavy atom. The van der Waals surface area contributed by atoms with Gasteiger partial charge in [-0.05, 0) is 31.2 Å². The van der Waals surface area contributed by atoms with Gasteiger partial charge in [0.15, 0.2) is 0 Å². The molecule has 1 rings (SSSR count). The lowest BCUT2D eigenvalue weighted by atomic mass is 10.2. The first kappa shape index (κ1) is 13.0. The third kappa shape index (κ3) is 3.79. The van der Waals surface area contributed by atoms with Crippen molar-refractivity contribution in [2.24, 2.45) is 5.92 Å². The molecule has 5 heteroatoms. The van der Waals surface area contributed by atoms with Crippen LogP contribution in [0.5, 0.6) is 5.75 Å². The Kier molecular flexibility index (Phi) is 4.51. The van der Waals surface area contributed by atoms with Crippen LogP contribution in [0.25, 0.3) is 0 Å². The zero-order chi connectivity index (χ0) is 12.8. The SMILES string of the molecule is COC(=O)C(C)COC(=O)c1ccc(O)cc1. The van der Waals surface area contributed by atoms with Crippen LogP contribution in [0.4, 0.5) is 0 Å². The number of esters is 2. The Bertz CT molecular complexity index is 396. The number of hydrogen-bond donors (Lipinski definition) is 1. The van der Waals surface area contributed by atoms with Crippen LogP contribution < -0.4 is 0 Å². The van der Waals surface area contributed by atoms with Gasteiger partial charge in [-0.2, -0.15) is 0 Å². The number of ether oxygens (including phenoxy) is 2. The lowest BCUT2D eigenvalue weighted by Gasteiger charge is -2.09. The van der Waals surface area contributed by atoms with E-state index in [1.807, 2.05) is 0 Å². The molecule has 0 aliphatic heterocycles. The van der Waals surface area contributed by atoms with Gasteiger partial charge >= 0.3 is 11.9 Å². The van der Waals surface area contributed by atoms with E-state index in [-0.39, 0.29) is 12.4 Å². The molecular formula is C12H14O5. The maximum absolute atomic E-state index is 11.5. The Balaban J connectivity index is 2.50. The minimum absolute atomic E-state index is 0.0353. The van der Waals surface area contributed by atoms with Crippen molar-refractivity contribution in [3.63, 3.8) is 0 Å². The Morgan fingerprint density at radius 2 is 1.88 bits per heavy atom. The fourth-order valence-electron chi connectivity index (χ4n) is 1.15. The number of methoxy groups -OCH3 is 1. The highest BCUT2D eigenvalue weighted by atomic mass is 16.5.